The van der Waals surface area contributed by atoms with Gasteiger partial charge in [-0.05, 0) is 17.0 Å². The Hall–Kier alpha value is -1.88. The van der Waals surface area contributed by atoms with Gasteiger partial charge in [-0.3, -0.25) is 9.59 Å². The second-order valence-corrected chi connectivity index (χ2v) is 5.72. The lowest BCUT2D eigenvalue weighted by molar-refractivity contribution is -0.142. The summed E-state index contributed by atoms with van der Waals surface area (Å²) in [4.78, 5) is 25.5. The molecule has 1 amide bonds. The predicted octanol–water partition coefficient (Wildman–Crippen LogP) is 1.57. The van der Waals surface area contributed by atoms with Gasteiger partial charge in [-0.25, -0.2) is 0 Å². The third-order valence-electron chi connectivity index (χ3n) is 4.35. The summed E-state index contributed by atoms with van der Waals surface area (Å²) in [6.45, 7) is 4.55. The minimum atomic E-state index is -0.905. The van der Waals surface area contributed by atoms with E-state index in [4.69, 9.17) is 5.73 Å². The largest absolute Gasteiger partial charge is 0.481 e. The number of benzene rings is 1. The molecule has 0 bridgehead atoms. The van der Waals surface area contributed by atoms with Gasteiger partial charge in [0.05, 0.1) is 12.0 Å². The Morgan fingerprint density at radius 2 is 2.10 bits per heavy atom. The van der Waals surface area contributed by atoms with E-state index in [1.54, 1.807) is 4.90 Å². The van der Waals surface area contributed by atoms with Crippen molar-refractivity contribution in [2.24, 2.45) is 11.7 Å². The van der Waals surface area contributed by atoms with Gasteiger partial charge in [0, 0.05) is 13.1 Å². The number of carbonyl (C=O) groups excluding carboxylic acids is 1. The van der Waals surface area contributed by atoms with Crippen LogP contribution in [-0.4, -0.2) is 34.5 Å². The molecule has 114 valence electrons. The number of carboxylic acid groups (broad SMARTS) is 1. The van der Waals surface area contributed by atoms with Crippen LogP contribution < -0.4 is 5.73 Å². The van der Waals surface area contributed by atoms with E-state index in [1.807, 2.05) is 38.1 Å². The van der Waals surface area contributed by atoms with Crippen LogP contribution in [-0.2, 0) is 16.1 Å². The number of aliphatic carboxylic acids is 1. The monoisotopic (exact) mass is 290 g/mol. The van der Waals surface area contributed by atoms with Crippen LogP contribution in [0.25, 0.3) is 0 Å². The first kappa shape index (κ1) is 15.5. The van der Waals surface area contributed by atoms with E-state index in [0.29, 0.717) is 6.54 Å². The highest BCUT2D eigenvalue weighted by molar-refractivity contribution is 5.84. The van der Waals surface area contributed by atoms with Gasteiger partial charge in [-0.2, -0.15) is 0 Å². The van der Waals surface area contributed by atoms with E-state index in [2.05, 4.69) is 0 Å². The van der Waals surface area contributed by atoms with E-state index < -0.39 is 17.9 Å². The number of carbonyl (C=O) groups is 2. The number of carboxylic acids is 1. The van der Waals surface area contributed by atoms with Crippen molar-refractivity contribution in [2.75, 3.05) is 6.54 Å². The molecule has 3 atom stereocenters. The van der Waals surface area contributed by atoms with Crippen molar-refractivity contribution in [2.45, 2.75) is 38.8 Å². The van der Waals surface area contributed by atoms with Gasteiger partial charge in [0.1, 0.15) is 0 Å². The van der Waals surface area contributed by atoms with E-state index in [1.165, 1.54) is 0 Å². The van der Waals surface area contributed by atoms with Crippen molar-refractivity contribution in [1.29, 1.82) is 0 Å². The molecule has 2 rings (SSSR count). The quantitative estimate of drug-likeness (QED) is 0.881. The van der Waals surface area contributed by atoms with Crippen LogP contribution in [0, 0.1) is 5.92 Å². The summed E-state index contributed by atoms with van der Waals surface area (Å²) in [5, 5.41) is 9.41. The Morgan fingerprint density at radius 1 is 1.43 bits per heavy atom. The number of hydrogen-bond acceptors (Lipinski definition) is 3. The topological polar surface area (TPSA) is 83.6 Å². The fourth-order valence-corrected chi connectivity index (χ4v) is 2.69. The fraction of sp³-hybridized carbons (Fsp3) is 0.500. The molecule has 0 aromatic heterocycles. The van der Waals surface area contributed by atoms with Gasteiger partial charge in [0.2, 0.25) is 5.91 Å². The van der Waals surface area contributed by atoms with Crippen LogP contribution in [0.2, 0.25) is 0 Å². The lowest BCUT2D eigenvalue weighted by atomic mass is 9.88. The summed E-state index contributed by atoms with van der Waals surface area (Å²) in [6.07, 6.45) is 0.819. The zero-order valence-corrected chi connectivity index (χ0v) is 12.5. The molecule has 0 saturated carbocycles. The average Bonchev–Trinajstić information content (AvgIpc) is 2.51. The van der Waals surface area contributed by atoms with Crippen molar-refractivity contribution in [3.8, 4) is 0 Å². The second kappa shape index (κ2) is 6.26. The number of hydrogen-bond donors (Lipinski definition) is 2. The summed E-state index contributed by atoms with van der Waals surface area (Å²) >= 11 is 0. The molecule has 0 fully saturated rings. The molecule has 5 nitrogen and oxygen atoms in total. The number of nitrogens with zero attached hydrogens (tertiary/aromatic N) is 1. The highest BCUT2D eigenvalue weighted by Gasteiger charge is 2.34. The van der Waals surface area contributed by atoms with Crippen LogP contribution in [0.3, 0.4) is 0 Å². The lowest BCUT2D eigenvalue weighted by Crippen LogP contribution is -2.50. The first-order valence-corrected chi connectivity index (χ1v) is 7.30. The molecule has 0 aliphatic carbocycles. The summed E-state index contributed by atoms with van der Waals surface area (Å²) < 4.78 is 0. The molecule has 5 heteroatoms. The second-order valence-electron chi connectivity index (χ2n) is 5.72. The van der Waals surface area contributed by atoms with Crippen LogP contribution in [0.5, 0.6) is 0 Å². The first-order valence-electron chi connectivity index (χ1n) is 7.30. The van der Waals surface area contributed by atoms with E-state index in [-0.39, 0.29) is 18.4 Å². The van der Waals surface area contributed by atoms with Gasteiger partial charge in [0.15, 0.2) is 0 Å². The normalized spacial score (nSPS) is 20.5. The summed E-state index contributed by atoms with van der Waals surface area (Å²) in [7, 11) is 0. The lowest BCUT2D eigenvalue weighted by Gasteiger charge is -2.35. The highest BCUT2D eigenvalue weighted by atomic mass is 16.4. The summed E-state index contributed by atoms with van der Waals surface area (Å²) in [5.41, 5.74) is 7.69. The zero-order chi connectivity index (χ0) is 15.6. The molecule has 3 unspecified atom stereocenters. The van der Waals surface area contributed by atoms with E-state index >= 15 is 0 Å². The number of amides is 1. The molecule has 0 spiro atoms. The van der Waals surface area contributed by atoms with Gasteiger partial charge in [0.25, 0.3) is 0 Å². The Balaban J connectivity index is 2.25. The van der Waals surface area contributed by atoms with Crippen molar-refractivity contribution in [1.82, 2.24) is 4.90 Å². The minimum Gasteiger partial charge on any atom is -0.481 e. The Kier molecular flexibility index (Phi) is 4.63. The minimum absolute atomic E-state index is 0.0814. The van der Waals surface area contributed by atoms with Crippen molar-refractivity contribution in [3.05, 3.63) is 35.4 Å². The third kappa shape index (κ3) is 3.08. The third-order valence-corrected chi connectivity index (χ3v) is 4.35. The molecule has 3 N–H and O–H groups in total. The van der Waals surface area contributed by atoms with Crippen LogP contribution in [0.1, 0.15) is 37.3 Å². The number of nitrogens with two attached hydrogens (primary N) is 1. The zero-order valence-electron chi connectivity index (χ0n) is 12.5. The van der Waals surface area contributed by atoms with Crippen LogP contribution in [0.4, 0.5) is 0 Å². The Bertz CT molecular complexity index is 544. The molecule has 21 heavy (non-hydrogen) atoms. The molecule has 1 aliphatic heterocycles. The SMILES string of the molecule is CCC(C)C(N)C(=O)N1Cc2ccccc2C(C(=O)O)C1. The standard InChI is InChI=1S/C16H22N2O3/c1-3-10(2)14(17)15(19)18-8-11-6-4-5-7-12(11)13(9-18)16(20)21/h4-7,10,13-14H,3,8-9,17H2,1-2H3,(H,20,21). The van der Waals surface area contributed by atoms with Gasteiger partial charge in [-0.15, -0.1) is 0 Å². The van der Waals surface area contributed by atoms with Crippen LogP contribution >= 0.6 is 0 Å². The van der Waals surface area contributed by atoms with Crippen LogP contribution in [0.15, 0.2) is 24.3 Å². The average molecular weight is 290 g/mol. The molecule has 1 heterocycles. The molecule has 1 aromatic rings. The van der Waals surface area contributed by atoms with Crippen molar-refractivity contribution in [3.63, 3.8) is 0 Å². The van der Waals surface area contributed by atoms with E-state index in [0.717, 1.165) is 17.5 Å². The molecule has 1 aromatic carbocycles. The Morgan fingerprint density at radius 3 is 2.71 bits per heavy atom. The van der Waals surface area contributed by atoms with Crippen molar-refractivity contribution >= 4 is 11.9 Å². The summed E-state index contributed by atoms with van der Waals surface area (Å²) in [5.74, 6) is -1.66. The fourth-order valence-electron chi connectivity index (χ4n) is 2.69. The van der Waals surface area contributed by atoms with Gasteiger partial charge >= 0.3 is 5.97 Å². The Labute approximate surface area is 124 Å². The summed E-state index contributed by atoms with van der Waals surface area (Å²) in [6, 6.07) is 6.82. The molecular weight excluding hydrogens is 268 g/mol. The highest BCUT2D eigenvalue weighted by Crippen LogP contribution is 2.29. The number of rotatable bonds is 4. The predicted molar refractivity (Wildman–Crippen MR) is 79.7 cm³/mol. The molecular formula is C16H22N2O3. The maximum Gasteiger partial charge on any atom is 0.312 e. The smallest absolute Gasteiger partial charge is 0.312 e. The number of fused-ring (bicyclic) bond motifs is 1. The molecule has 1 aliphatic rings. The first-order chi connectivity index (χ1) is 9.95. The van der Waals surface area contributed by atoms with Gasteiger partial charge < -0.3 is 15.7 Å². The maximum atomic E-state index is 12.5. The van der Waals surface area contributed by atoms with Crippen molar-refractivity contribution < 1.29 is 14.7 Å². The van der Waals surface area contributed by atoms with E-state index in [9.17, 15) is 14.7 Å². The maximum absolute atomic E-state index is 12.5. The molecule has 0 saturated heterocycles. The van der Waals surface area contributed by atoms with Gasteiger partial charge in [-0.1, -0.05) is 44.5 Å². The molecule has 0 radical (unpaired) electrons.